The Kier molecular flexibility index (Phi) is 4.26. The highest BCUT2D eigenvalue weighted by Gasteiger charge is 2.36. The molecule has 2 aromatic rings. The number of ether oxygens (including phenoxy) is 1. The second kappa shape index (κ2) is 6.46. The van der Waals surface area contributed by atoms with Gasteiger partial charge in [0, 0.05) is 34.6 Å². The van der Waals surface area contributed by atoms with E-state index in [-0.39, 0.29) is 5.92 Å². The molecule has 2 aliphatic carbocycles. The average Bonchev–Trinajstić information content (AvgIpc) is 3.10. The molecular weight excluding hydrogens is 342 g/mol. The van der Waals surface area contributed by atoms with Crippen molar-refractivity contribution in [1.82, 2.24) is 9.97 Å². The first kappa shape index (κ1) is 17.1. The number of hydrogen-bond donors (Lipinski definition) is 2. The first-order valence-electron chi connectivity index (χ1n) is 8.87. The minimum absolute atomic E-state index is 0.00219. The molecule has 1 fully saturated rings. The zero-order chi connectivity index (χ0) is 18.3. The summed E-state index contributed by atoms with van der Waals surface area (Å²) in [7, 11) is 1.70. The Bertz CT molecular complexity index is 934. The summed E-state index contributed by atoms with van der Waals surface area (Å²) in [6, 6.07) is 2.14. The predicted molar refractivity (Wildman–Crippen MR) is 106 cm³/mol. The monoisotopic (exact) mass is 365 g/mol. The van der Waals surface area contributed by atoms with Crippen molar-refractivity contribution < 1.29 is 4.74 Å². The van der Waals surface area contributed by atoms with E-state index in [4.69, 9.17) is 10.5 Å². The van der Waals surface area contributed by atoms with Crippen molar-refractivity contribution in [2.45, 2.75) is 38.1 Å². The molecule has 0 bridgehead atoms. The molecule has 3 N–H and O–H groups in total. The van der Waals surface area contributed by atoms with Crippen molar-refractivity contribution in [1.29, 1.82) is 0 Å². The highest BCUT2D eigenvalue weighted by molar-refractivity contribution is 7.13. The van der Waals surface area contributed by atoms with Gasteiger partial charge in [-0.25, -0.2) is 4.98 Å². The molecular formula is C21H23N3OS. The van der Waals surface area contributed by atoms with E-state index >= 15 is 0 Å². The average molecular weight is 366 g/mol. The Morgan fingerprint density at radius 1 is 1.42 bits per heavy atom. The van der Waals surface area contributed by atoms with E-state index in [0.717, 1.165) is 33.3 Å². The Morgan fingerprint density at radius 2 is 2.23 bits per heavy atom. The predicted octanol–water partition coefficient (Wildman–Crippen LogP) is 4.19. The lowest BCUT2D eigenvalue weighted by atomic mass is 9.75. The van der Waals surface area contributed by atoms with Crippen LogP contribution in [0.1, 0.15) is 43.9 Å². The van der Waals surface area contributed by atoms with Gasteiger partial charge in [-0.3, -0.25) is 0 Å². The molecule has 26 heavy (non-hydrogen) atoms. The summed E-state index contributed by atoms with van der Waals surface area (Å²) < 4.78 is 5.53. The molecule has 0 aliphatic heterocycles. The normalized spacial score (nSPS) is 25.2. The lowest BCUT2D eigenvalue weighted by Gasteiger charge is -2.35. The molecule has 2 unspecified atom stereocenters. The molecule has 0 amide bonds. The van der Waals surface area contributed by atoms with Crippen LogP contribution in [-0.4, -0.2) is 22.6 Å². The highest BCUT2D eigenvalue weighted by Crippen LogP contribution is 2.41. The lowest BCUT2D eigenvalue weighted by Crippen LogP contribution is -2.43. The summed E-state index contributed by atoms with van der Waals surface area (Å²) in [6.45, 7) is 4.13. The maximum atomic E-state index is 6.63. The molecule has 134 valence electrons. The number of methoxy groups -OCH3 is 1. The van der Waals surface area contributed by atoms with Crippen LogP contribution < -0.4 is 5.73 Å². The fourth-order valence-corrected chi connectivity index (χ4v) is 4.19. The van der Waals surface area contributed by atoms with Crippen molar-refractivity contribution >= 4 is 11.3 Å². The largest absolute Gasteiger partial charge is 0.497 e. The number of nitrogens with zero attached hydrogens (tertiary/aromatic N) is 1. The number of H-pyrrole nitrogens is 1. The molecule has 0 saturated heterocycles. The summed E-state index contributed by atoms with van der Waals surface area (Å²) in [5.74, 6) is 8.16. The maximum absolute atomic E-state index is 6.63. The molecule has 2 aliphatic rings. The van der Waals surface area contributed by atoms with E-state index in [2.05, 4.69) is 34.8 Å². The van der Waals surface area contributed by atoms with Gasteiger partial charge < -0.3 is 15.5 Å². The quantitative estimate of drug-likeness (QED) is 0.802. The number of thiazole rings is 1. The zero-order valence-electron chi connectivity index (χ0n) is 15.3. The molecule has 0 radical (unpaired) electrons. The molecule has 2 heterocycles. The number of aromatic amines is 1. The number of aromatic nitrogens is 2. The Balaban J connectivity index is 1.82. The molecule has 5 heteroatoms. The summed E-state index contributed by atoms with van der Waals surface area (Å²) in [5.41, 5.74) is 10.3. The van der Waals surface area contributed by atoms with Gasteiger partial charge in [-0.1, -0.05) is 17.9 Å². The molecule has 4 nitrogen and oxygen atoms in total. The van der Waals surface area contributed by atoms with Crippen LogP contribution in [-0.2, 0) is 4.74 Å². The molecule has 2 aromatic heterocycles. The second-order valence-corrected chi connectivity index (χ2v) is 8.17. The molecule has 0 spiro atoms. The van der Waals surface area contributed by atoms with Crippen LogP contribution in [0.25, 0.3) is 10.7 Å². The van der Waals surface area contributed by atoms with Crippen LogP contribution in [0.2, 0.25) is 0 Å². The number of nitrogens with one attached hydrogen (secondary N) is 1. The topological polar surface area (TPSA) is 63.9 Å². The van der Waals surface area contributed by atoms with Crippen molar-refractivity contribution in [3.63, 3.8) is 0 Å². The van der Waals surface area contributed by atoms with Gasteiger partial charge in [-0.15, -0.1) is 11.3 Å². The van der Waals surface area contributed by atoms with Gasteiger partial charge in [-0.05, 0) is 44.4 Å². The third-order valence-electron chi connectivity index (χ3n) is 5.04. The maximum Gasteiger partial charge on any atom is 0.140 e. The second-order valence-electron chi connectivity index (χ2n) is 7.28. The van der Waals surface area contributed by atoms with Gasteiger partial charge in [0.2, 0.25) is 0 Å². The lowest BCUT2D eigenvalue weighted by molar-refractivity contribution is 0.290. The van der Waals surface area contributed by atoms with Gasteiger partial charge >= 0.3 is 0 Å². The summed E-state index contributed by atoms with van der Waals surface area (Å²) >= 11 is 1.61. The Morgan fingerprint density at radius 3 is 2.88 bits per heavy atom. The van der Waals surface area contributed by atoms with Crippen LogP contribution in [0.15, 0.2) is 41.1 Å². The van der Waals surface area contributed by atoms with E-state index in [9.17, 15) is 0 Å². The van der Waals surface area contributed by atoms with Crippen molar-refractivity contribution in [2.24, 2.45) is 11.7 Å². The van der Waals surface area contributed by atoms with Crippen LogP contribution in [0.4, 0.5) is 0 Å². The number of rotatable bonds is 3. The Labute approximate surface area is 158 Å². The van der Waals surface area contributed by atoms with Gasteiger partial charge in [0.15, 0.2) is 0 Å². The van der Waals surface area contributed by atoms with Crippen molar-refractivity contribution in [3.8, 4) is 22.5 Å². The van der Waals surface area contributed by atoms with E-state index in [1.807, 2.05) is 30.7 Å². The SMILES string of the molecule is COC1=C(C)C(c2cc(C#CC3CC3)c(-c3nccs3)[nH]2)C(C)(N)C=C1. The van der Waals surface area contributed by atoms with Gasteiger partial charge in [0.25, 0.3) is 0 Å². The Hall–Kier alpha value is -2.29. The fourth-order valence-electron chi connectivity index (χ4n) is 3.54. The first-order valence-corrected chi connectivity index (χ1v) is 9.74. The summed E-state index contributed by atoms with van der Waals surface area (Å²) in [4.78, 5) is 8.04. The minimum atomic E-state index is -0.502. The third-order valence-corrected chi connectivity index (χ3v) is 5.83. The van der Waals surface area contributed by atoms with Gasteiger partial charge in [0.1, 0.15) is 10.8 Å². The van der Waals surface area contributed by atoms with Gasteiger partial charge in [0.05, 0.1) is 18.4 Å². The summed E-state index contributed by atoms with van der Waals surface area (Å²) in [5, 5.41) is 2.94. The van der Waals surface area contributed by atoms with Crippen molar-refractivity contribution in [3.05, 3.63) is 52.4 Å². The van der Waals surface area contributed by atoms with Crippen LogP contribution in [0, 0.1) is 17.8 Å². The number of allylic oxidation sites excluding steroid dienone is 1. The van der Waals surface area contributed by atoms with Gasteiger partial charge in [-0.2, -0.15) is 0 Å². The first-order chi connectivity index (χ1) is 12.5. The van der Waals surface area contributed by atoms with E-state index in [0.29, 0.717) is 5.92 Å². The minimum Gasteiger partial charge on any atom is -0.497 e. The zero-order valence-corrected chi connectivity index (χ0v) is 16.1. The molecule has 1 saturated carbocycles. The van der Waals surface area contributed by atoms with E-state index in [1.54, 1.807) is 18.4 Å². The number of nitrogens with two attached hydrogens (primary N) is 1. The van der Waals surface area contributed by atoms with Crippen LogP contribution in [0.5, 0.6) is 0 Å². The number of hydrogen-bond acceptors (Lipinski definition) is 4. The standard InChI is InChI=1S/C21H23N3OS/c1-13-17(25-3)8-9-21(2,22)18(13)16-12-15(7-6-14-4-5-14)19(24-16)20-23-10-11-26-20/h8-12,14,18,24H,4-5,22H2,1-3H3. The molecule has 2 atom stereocenters. The van der Waals surface area contributed by atoms with Crippen LogP contribution in [0.3, 0.4) is 0 Å². The molecule has 0 aromatic carbocycles. The summed E-state index contributed by atoms with van der Waals surface area (Å²) in [6.07, 6.45) is 8.23. The van der Waals surface area contributed by atoms with Crippen molar-refractivity contribution in [2.75, 3.05) is 7.11 Å². The third kappa shape index (κ3) is 3.11. The van der Waals surface area contributed by atoms with E-state index in [1.165, 1.54) is 12.8 Å². The van der Waals surface area contributed by atoms with E-state index < -0.39 is 5.54 Å². The fraction of sp³-hybridized carbons (Fsp3) is 0.381. The van der Waals surface area contributed by atoms with Crippen LogP contribution >= 0.6 is 11.3 Å². The highest BCUT2D eigenvalue weighted by atomic mass is 32.1. The smallest absolute Gasteiger partial charge is 0.140 e. The molecule has 4 rings (SSSR count).